The van der Waals surface area contributed by atoms with E-state index in [1.807, 2.05) is 97.1 Å². The average molecular weight is 535 g/mol. The van der Waals surface area contributed by atoms with Crippen LogP contribution in [0.3, 0.4) is 0 Å². The van der Waals surface area contributed by atoms with Gasteiger partial charge in [-0.25, -0.2) is 0 Å². The first-order chi connectivity index (χ1) is 20.7. The summed E-state index contributed by atoms with van der Waals surface area (Å²) in [5.41, 5.74) is 7.91. The second kappa shape index (κ2) is 13.7. The maximum atomic E-state index is 11.0. The van der Waals surface area contributed by atoms with Gasteiger partial charge in [-0.2, -0.15) is 0 Å². The molecule has 5 aromatic rings. The van der Waals surface area contributed by atoms with Crippen molar-refractivity contribution < 1.29 is 9.59 Å². The van der Waals surface area contributed by atoms with Crippen LogP contribution in [0.5, 0.6) is 0 Å². The topological polar surface area (TPSA) is 34.1 Å². The Morgan fingerprint density at radius 1 is 0.310 bits per heavy atom. The van der Waals surface area contributed by atoms with Crippen LogP contribution in [0.2, 0.25) is 0 Å². The van der Waals surface area contributed by atoms with Gasteiger partial charge in [0.05, 0.1) is 0 Å². The minimum Gasteiger partial charge on any atom is -0.298 e. The normalized spacial score (nSPS) is 9.33. The van der Waals surface area contributed by atoms with Crippen molar-refractivity contribution in [2.45, 2.75) is 0 Å². The lowest BCUT2D eigenvalue weighted by atomic mass is 10.1. The molecule has 0 spiro atoms. The van der Waals surface area contributed by atoms with Crippen LogP contribution in [-0.2, 0) is 0 Å². The van der Waals surface area contributed by atoms with E-state index in [0.29, 0.717) is 11.1 Å². The minimum atomic E-state index is 0.603. The molecular formula is C40H22O2. The van der Waals surface area contributed by atoms with Gasteiger partial charge in [-0.3, -0.25) is 9.59 Å². The van der Waals surface area contributed by atoms with Gasteiger partial charge >= 0.3 is 0 Å². The van der Waals surface area contributed by atoms with Gasteiger partial charge in [0.1, 0.15) is 12.6 Å². The Morgan fingerprint density at radius 3 is 0.762 bits per heavy atom. The molecule has 0 bridgehead atoms. The van der Waals surface area contributed by atoms with Crippen molar-refractivity contribution in [1.29, 1.82) is 0 Å². The maximum Gasteiger partial charge on any atom is 0.150 e. The highest BCUT2D eigenvalue weighted by atomic mass is 16.1. The maximum absolute atomic E-state index is 11.0. The van der Waals surface area contributed by atoms with Gasteiger partial charge in [0.15, 0.2) is 0 Å². The van der Waals surface area contributed by atoms with E-state index < -0.39 is 0 Å². The molecule has 0 fully saturated rings. The van der Waals surface area contributed by atoms with Gasteiger partial charge in [-0.1, -0.05) is 89.8 Å². The SMILES string of the molecule is O=Cc1cccc(C#Cc2cccc(C#Cc3cccc(C#Cc4cccc(C#Cc5cccc(C=O)c5)c4)c3)c2)c1. The highest BCUT2D eigenvalue weighted by molar-refractivity contribution is 5.76. The fourth-order valence-corrected chi connectivity index (χ4v) is 3.98. The van der Waals surface area contributed by atoms with Crippen LogP contribution in [0.1, 0.15) is 65.2 Å². The van der Waals surface area contributed by atoms with E-state index in [9.17, 15) is 9.59 Å². The molecule has 5 rings (SSSR count). The van der Waals surface area contributed by atoms with Crippen molar-refractivity contribution >= 4 is 12.6 Å². The third-order valence-electron chi connectivity index (χ3n) is 6.04. The van der Waals surface area contributed by atoms with Crippen LogP contribution in [0.4, 0.5) is 0 Å². The Bertz CT molecular complexity index is 1910. The number of hydrogen-bond acceptors (Lipinski definition) is 2. The van der Waals surface area contributed by atoms with Crippen molar-refractivity contribution in [1.82, 2.24) is 0 Å². The number of aldehydes is 2. The first-order valence-corrected chi connectivity index (χ1v) is 13.2. The molecule has 194 valence electrons. The summed E-state index contributed by atoms with van der Waals surface area (Å²) in [7, 11) is 0. The summed E-state index contributed by atoms with van der Waals surface area (Å²) in [5, 5.41) is 0. The molecule has 0 atom stereocenters. The Balaban J connectivity index is 1.29. The van der Waals surface area contributed by atoms with Crippen LogP contribution in [0, 0.1) is 47.4 Å². The predicted molar refractivity (Wildman–Crippen MR) is 167 cm³/mol. The Labute approximate surface area is 246 Å². The van der Waals surface area contributed by atoms with Crippen molar-refractivity contribution in [2.24, 2.45) is 0 Å². The van der Waals surface area contributed by atoms with E-state index in [4.69, 9.17) is 0 Å². The first kappa shape index (κ1) is 27.3. The molecule has 0 radical (unpaired) electrons. The second-order valence-corrected chi connectivity index (χ2v) is 9.23. The zero-order valence-electron chi connectivity index (χ0n) is 22.5. The molecule has 0 saturated heterocycles. The highest BCUT2D eigenvalue weighted by Crippen LogP contribution is 2.09. The number of carbonyl (C=O) groups excluding carboxylic acids is 2. The molecule has 2 nitrogen and oxygen atoms in total. The number of hydrogen-bond donors (Lipinski definition) is 0. The Kier molecular flexibility index (Phi) is 8.86. The van der Waals surface area contributed by atoms with E-state index >= 15 is 0 Å². The molecule has 0 aliphatic carbocycles. The molecule has 0 aromatic heterocycles. The minimum absolute atomic E-state index is 0.603. The quantitative estimate of drug-likeness (QED) is 0.182. The second-order valence-electron chi connectivity index (χ2n) is 9.23. The van der Waals surface area contributed by atoms with E-state index in [2.05, 4.69) is 47.4 Å². The van der Waals surface area contributed by atoms with Gasteiger partial charge < -0.3 is 0 Å². The predicted octanol–water partition coefficient (Wildman–Crippen LogP) is 6.91. The highest BCUT2D eigenvalue weighted by Gasteiger charge is 1.96. The smallest absolute Gasteiger partial charge is 0.150 e. The zero-order valence-corrected chi connectivity index (χ0v) is 22.5. The molecule has 0 heterocycles. The van der Waals surface area contributed by atoms with Gasteiger partial charge in [0.2, 0.25) is 0 Å². The van der Waals surface area contributed by atoms with Gasteiger partial charge in [-0.05, 0) is 78.9 Å². The number of rotatable bonds is 2. The molecule has 0 aliphatic rings. The average Bonchev–Trinajstić information content (AvgIpc) is 3.05. The molecule has 0 saturated carbocycles. The summed E-state index contributed by atoms with van der Waals surface area (Å²) < 4.78 is 0. The van der Waals surface area contributed by atoms with E-state index in [-0.39, 0.29) is 0 Å². The first-order valence-electron chi connectivity index (χ1n) is 13.2. The molecule has 2 heteroatoms. The van der Waals surface area contributed by atoms with E-state index in [0.717, 1.165) is 57.1 Å². The molecule has 5 aromatic carbocycles. The fraction of sp³-hybridized carbons (Fsp3) is 0. The lowest BCUT2D eigenvalue weighted by Crippen LogP contribution is -1.83. The number of benzene rings is 5. The fourth-order valence-electron chi connectivity index (χ4n) is 3.98. The van der Waals surface area contributed by atoms with Gasteiger partial charge in [0, 0.05) is 55.6 Å². The molecule has 0 amide bonds. The summed E-state index contributed by atoms with van der Waals surface area (Å²) in [6.45, 7) is 0. The summed E-state index contributed by atoms with van der Waals surface area (Å²) in [4.78, 5) is 22.0. The largest absolute Gasteiger partial charge is 0.298 e. The van der Waals surface area contributed by atoms with Crippen LogP contribution in [0.25, 0.3) is 0 Å². The molecule has 0 aliphatic heterocycles. The monoisotopic (exact) mass is 534 g/mol. The standard InChI is InChI=1S/C40H22O2/c41-29-39-14-4-12-37(27-39)22-20-35-10-2-8-33(25-35)18-16-31-6-1-7-32(24-31)17-19-34-9-3-11-36(26-34)21-23-38-13-5-15-40(28-38)30-42/h1-15,24-30H. The van der Waals surface area contributed by atoms with Crippen molar-refractivity contribution in [2.75, 3.05) is 0 Å². The third kappa shape index (κ3) is 7.85. The summed E-state index contributed by atoms with van der Waals surface area (Å²) in [5.74, 6) is 25.4. The van der Waals surface area contributed by atoms with Crippen LogP contribution in [-0.4, -0.2) is 12.6 Å². The zero-order chi connectivity index (χ0) is 29.0. The molecule has 42 heavy (non-hydrogen) atoms. The molecular weight excluding hydrogens is 512 g/mol. The van der Waals surface area contributed by atoms with E-state index in [1.54, 1.807) is 24.3 Å². The van der Waals surface area contributed by atoms with Gasteiger partial charge in [0.25, 0.3) is 0 Å². The Hall–Kier alpha value is -6.32. The van der Waals surface area contributed by atoms with Crippen LogP contribution < -0.4 is 0 Å². The van der Waals surface area contributed by atoms with Crippen molar-refractivity contribution in [3.8, 4) is 47.4 Å². The summed E-state index contributed by atoms with van der Waals surface area (Å²) >= 11 is 0. The molecule has 0 N–H and O–H groups in total. The summed E-state index contributed by atoms with van der Waals surface area (Å²) in [6.07, 6.45) is 1.63. The molecule has 0 unspecified atom stereocenters. The van der Waals surface area contributed by atoms with Crippen LogP contribution >= 0.6 is 0 Å². The third-order valence-corrected chi connectivity index (χ3v) is 6.04. The van der Waals surface area contributed by atoms with Crippen molar-refractivity contribution in [3.05, 3.63) is 177 Å². The Morgan fingerprint density at radius 2 is 0.524 bits per heavy atom. The summed E-state index contributed by atoms with van der Waals surface area (Å²) in [6, 6.07) is 37.8. The van der Waals surface area contributed by atoms with Gasteiger partial charge in [-0.15, -0.1) is 0 Å². The van der Waals surface area contributed by atoms with Crippen molar-refractivity contribution in [3.63, 3.8) is 0 Å². The lowest BCUT2D eigenvalue weighted by molar-refractivity contribution is 0.111. The van der Waals surface area contributed by atoms with Crippen LogP contribution in [0.15, 0.2) is 121 Å². The van der Waals surface area contributed by atoms with E-state index in [1.165, 1.54) is 0 Å². The number of carbonyl (C=O) groups is 2. The lowest BCUT2D eigenvalue weighted by Gasteiger charge is -1.96.